The van der Waals surface area contributed by atoms with E-state index in [0.29, 0.717) is 52.9 Å². The van der Waals surface area contributed by atoms with E-state index in [1.165, 1.54) is 0 Å². The van der Waals surface area contributed by atoms with Gasteiger partial charge in [0.2, 0.25) is 0 Å². The third kappa shape index (κ3) is 8.42. The van der Waals surface area contributed by atoms with Crippen molar-refractivity contribution in [3.63, 3.8) is 0 Å². The van der Waals surface area contributed by atoms with Crippen molar-refractivity contribution in [3.8, 4) is 11.5 Å². The monoisotopic (exact) mass is 506 g/mol. The van der Waals surface area contributed by atoms with Crippen molar-refractivity contribution >= 4 is 21.5 Å². The van der Waals surface area contributed by atoms with Crippen LogP contribution in [0.5, 0.6) is 11.5 Å². The molecule has 0 aliphatic carbocycles. The summed E-state index contributed by atoms with van der Waals surface area (Å²) in [5.41, 5.74) is 2.15. The van der Waals surface area contributed by atoms with Gasteiger partial charge in [0.05, 0.1) is 52.9 Å². The summed E-state index contributed by atoms with van der Waals surface area (Å²) in [5.74, 6) is 1.60. The van der Waals surface area contributed by atoms with E-state index in [0.717, 1.165) is 44.2 Å². The Balaban J connectivity index is 1.14. The molecule has 37 heavy (non-hydrogen) atoms. The zero-order valence-corrected chi connectivity index (χ0v) is 20.9. The minimum Gasteiger partial charge on any atom is -0.491 e. The van der Waals surface area contributed by atoms with Crippen molar-refractivity contribution < 1.29 is 33.9 Å². The second-order valence-electron chi connectivity index (χ2n) is 8.55. The minimum absolute atomic E-state index is 0.0289. The third-order valence-corrected chi connectivity index (χ3v) is 5.75. The molecule has 0 spiro atoms. The maximum absolute atomic E-state index is 8.83. The summed E-state index contributed by atoms with van der Waals surface area (Å²) in [5, 5.41) is 22.1. The highest BCUT2D eigenvalue weighted by molar-refractivity contribution is 5.85. The van der Waals surface area contributed by atoms with Crippen molar-refractivity contribution in [2.24, 2.45) is 0 Å². The molecule has 0 aromatic heterocycles. The molecule has 0 bridgehead atoms. The second kappa shape index (κ2) is 14.5. The van der Waals surface area contributed by atoms with E-state index in [1.54, 1.807) is 0 Å². The van der Waals surface area contributed by atoms with E-state index in [1.807, 2.05) is 60.7 Å². The smallest absolute Gasteiger partial charge is 0.120 e. The molecule has 0 fully saturated rings. The predicted molar refractivity (Wildman–Crippen MR) is 143 cm³/mol. The average Bonchev–Trinajstić information content (AvgIpc) is 2.92. The summed E-state index contributed by atoms with van der Waals surface area (Å²) >= 11 is 0. The van der Waals surface area contributed by atoms with Gasteiger partial charge < -0.3 is 33.9 Å². The summed E-state index contributed by atoms with van der Waals surface area (Å²) in [6.45, 7) is 3.57. The first kappa shape index (κ1) is 26.9. The molecule has 0 amide bonds. The van der Waals surface area contributed by atoms with E-state index < -0.39 is 0 Å². The highest BCUT2D eigenvalue weighted by Crippen LogP contribution is 2.24. The lowest BCUT2D eigenvalue weighted by Crippen LogP contribution is -2.12. The summed E-state index contributed by atoms with van der Waals surface area (Å²) in [4.78, 5) is 0. The molecule has 7 heteroatoms. The first-order valence-electron chi connectivity index (χ1n) is 12.5. The molecule has 0 atom stereocenters. The van der Waals surface area contributed by atoms with Crippen LogP contribution in [0.2, 0.25) is 0 Å². The van der Waals surface area contributed by atoms with Crippen LogP contribution in [0.15, 0.2) is 72.8 Å². The Labute approximate surface area is 217 Å². The van der Waals surface area contributed by atoms with Crippen LogP contribution in [0, 0.1) is 0 Å². The summed E-state index contributed by atoms with van der Waals surface area (Å²) < 4.78 is 28.1. The van der Waals surface area contributed by atoms with Gasteiger partial charge in [0, 0.05) is 0 Å². The Hall–Kier alpha value is -3.20. The minimum atomic E-state index is 0.0289. The Morgan fingerprint density at radius 2 is 0.865 bits per heavy atom. The van der Waals surface area contributed by atoms with Crippen molar-refractivity contribution in [1.29, 1.82) is 0 Å². The molecule has 0 radical (unpaired) electrons. The molecule has 0 saturated carbocycles. The SMILES string of the molecule is OCCOCc1ccc2cc(OCCOCCOc3ccc4cc(COCCO)ccc4c3)ccc2c1. The second-order valence-corrected chi connectivity index (χ2v) is 8.55. The van der Waals surface area contributed by atoms with E-state index in [4.69, 9.17) is 33.9 Å². The van der Waals surface area contributed by atoms with E-state index in [2.05, 4.69) is 12.1 Å². The molecule has 4 rings (SSSR count). The normalized spacial score (nSPS) is 11.3. The third-order valence-electron chi connectivity index (χ3n) is 5.75. The molecule has 0 aliphatic heterocycles. The molecule has 0 aliphatic rings. The zero-order chi connectivity index (χ0) is 25.7. The van der Waals surface area contributed by atoms with Gasteiger partial charge in [0.25, 0.3) is 0 Å². The number of hydrogen-bond donors (Lipinski definition) is 2. The van der Waals surface area contributed by atoms with Crippen LogP contribution in [0.25, 0.3) is 21.5 Å². The van der Waals surface area contributed by atoms with Crippen LogP contribution in [-0.2, 0) is 27.4 Å². The van der Waals surface area contributed by atoms with Crippen LogP contribution in [0.4, 0.5) is 0 Å². The summed E-state index contributed by atoms with van der Waals surface area (Å²) in [7, 11) is 0. The maximum Gasteiger partial charge on any atom is 0.120 e. The van der Waals surface area contributed by atoms with Gasteiger partial charge in [0.1, 0.15) is 24.7 Å². The highest BCUT2D eigenvalue weighted by Gasteiger charge is 2.03. The Kier molecular flexibility index (Phi) is 10.5. The van der Waals surface area contributed by atoms with Crippen LogP contribution in [0.3, 0.4) is 0 Å². The molecule has 196 valence electrons. The molecule has 0 heterocycles. The molecular formula is C30H34O7. The fourth-order valence-corrected chi connectivity index (χ4v) is 3.95. The van der Waals surface area contributed by atoms with Crippen LogP contribution in [-0.4, -0.2) is 63.1 Å². The molecule has 4 aromatic carbocycles. The van der Waals surface area contributed by atoms with Gasteiger partial charge >= 0.3 is 0 Å². The zero-order valence-electron chi connectivity index (χ0n) is 20.9. The number of fused-ring (bicyclic) bond motifs is 2. The van der Waals surface area contributed by atoms with E-state index in [9.17, 15) is 0 Å². The lowest BCUT2D eigenvalue weighted by molar-refractivity contribution is 0.0765. The fraction of sp³-hybridized carbons (Fsp3) is 0.333. The first-order chi connectivity index (χ1) is 18.2. The summed E-state index contributed by atoms with van der Waals surface area (Å²) in [6.07, 6.45) is 0. The predicted octanol–water partition coefficient (Wildman–Crippen LogP) is 4.49. The number of benzene rings is 4. The lowest BCUT2D eigenvalue weighted by Gasteiger charge is -2.10. The molecule has 2 N–H and O–H groups in total. The largest absolute Gasteiger partial charge is 0.491 e. The fourth-order valence-electron chi connectivity index (χ4n) is 3.95. The lowest BCUT2D eigenvalue weighted by atomic mass is 10.1. The van der Waals surface area contributed by atoms with Gasteiger partial charge in [-0.2, -0.15) is 0 Å². The van der Waals surface area contributed by atoms with Gasteiger partial charge in [-0.3, -0.25) is 0 Å². The average molecular weight is 507 g/mol. The van der Waals surface area contributed by atoms with Crippen LogP contribution < -0.4 is 9.47 Å². The highest BCUT2D eigenvalue weighted by atomic mass is 16.5. The number of rotatable bonds is 16. The first-order valence-corrected chi connectivity index (χ1v) is 12.5. The topological polar surface area (TPSA) is 86.6 Å². The summed E-state index contributed by atoms with van der Waals surface area (Å²) in [6, 6.07) is 24.3. The molecule has 0 unspecified atom stereocenters. The van der Waals surface area contributed by atoms with Crippen molar-refractivity contribution in [2.45, 2.75) is 13.2 Å². The van der Waals surface area contributed by atoms with Crippen molar-refractivity contribution in [3.05, 3.63) is 83.9 Å². The molecular weight excluding hydrogens is 472 g/mol. The Morgan fingerprint density at radius 3 is 1.32 bits per heavy atom. The van der Waals surface area contributed by atoms with Gasteiger partial charge in [-0.05, 0) is 69.1 Å². The van der Waals surface area contributed by atoms with Crippen LogP contribution in [0.1, 0.15) is 11.1 Å². The maximum atomic E-state index is 8.83. The van der Waals surface area contributed by atoms with Gasteiger partial charge in [-0.25, -0.2) is 0 Å². The number of ether oxygens (including phenoxy) is 5. The van der Waals surface area contributed by atoms with Crippen molar-refractivity contribution in [1.82, 2.24) is 0 Å². The molecule has 0 saturated heterocycles. The standard InChI is InChI=1S/C30H34O7/c31-9-11-34-21-23-1-3-27-19-29(7-5-25(27)17-23)36-15-13-33-14-16-37-30-8-6-26-18-24(22-35-12-10-32)2-4-28(26)20-30/h1-8,17-20,31-32H,9-16,21-22H2. The van der Waals surface area contributed by atoms with E-state index in [-0.39, 0.29) is 13.2 Å². The number of aliphatic hydroxyl groups excluding tert-OH is 2. The van der Waals surface area contributed by atoms with Crippen LogP contribution >= 0.6 is 0 Å². The van der Waals surface area contributed by atoms with Crippen molar-refractivity contribution in [2.75, 3.05) is 52.9 Å². The molecule has 7 nitrogen and oxygen atoms in total. The van der Waals surface area contributed by atoms with Gasteiger partial charge in [-0.1, -0.05) is 36.4 Å². The van der Waals surface area contributed by atoms with E-state index >= 15 is 0 Å². The number of aliphatic hydroxyl groups is 2. The van der Waals surface area contributed by atoms with Gasteiger partial charge in [0.15, 0.2) is 0 Å². The Morgan fingerprint density at radius 1 is 0.432 bits per heavy atom. The molecule has 4 aromatic rings. The van der Waals surface area contributed by atoms with Gasteiger partial charge in [-0.15, -0.1) is 0 Å². The Bertz CT molecular complexity index is 1160. The quantitative estimate of drug-likeness (QED) is 0.217. The number of hydrogen-bond acceptors (Lipinski definition) is 7.